The summed E-state index contributed by atoms with van der Waals surface area (Å²) in [6.07, 6.45) is 46.0. The Labute approximate surface area is 255 Å². The van der Waals surface area contributed by atoms with Crippen LogP contribution in [0, 0.1) is 0 Å². The van der Waals surface area contributed by atoms with Crippen molar-refractivity contribution in [2.45, 2.75) is 219 Å². The van der Waals surface area contributed by atoms with Crippen LogP contribution in [0.3, 0.4) is 0 Å². The van der Waals surface area contributed by atoms with Crippen molar-refractivity contribution >= 4 is 0 Å². The van der Waals surface area contributed by atoms with E-state index in [2.05, 4.69) is 27.0 Å². The van der Waals surface area contributed by atoms with Gasteiger partial charge in [0.25, 0.3) is 0 Å². The van der Waals surface area contributed by atoms with E-state index in [-0.39, 0.29) is 5.48 Å². The molecule has 0 saturated carbocycles. The van der Waals surface area contributed by atoms with E-state index >= 15 is 0 Å². The van der Waals surface area contributed by atoms with Gasteiger partial charge in [0.05, 0.1) is 0 Å². The Hall–Kier alpha value is -0.340. The van der Waals surface area contributed by atoms with Crippen LogP contribution in [-0.2, 0) is 4.74 Å². The Kier molecular flexibility index (Phi) is 50.3. The summed E-state index contributed by atoms with van der Waals surface area (Å²) >= 11 is 0. The maximum atomic E-state index is 5.87. The van der Waals surface area contributed by atoms with Gasteiger partial charge in [0.1, 0.15) is 0 Å². The van der Waals surface area contributed by atoms with Crippen LogP contribution < -0.4 is 0 Å². The van der Waals surface area contributed by atoms with Gasteiger partial charge in [-0.25, -0.2) is 0 Å². The molecule has 0 aromatic carbocycles. The Morgan fingerprint density at radius 1 is 0.275 bits per heavy atom. The molecule has 2 nitrogen and oxygen atoms in total. The summed E-state index contributed by atoms with van der Waals surface area (Å²) in [6.45, 7) is 12.6. The summed E-state index contributed by atoms with van der Waals surface area (Å²) in [5, 5.41) is 0. The number of hydrogen-bond acceptors (Lipinski definition) is 1. The molecule has 0 amide bonds. The first-order valence-electron chi connectivity index (χ1n) is 18.5. The van der Waals surface area contributed by atoms with Crippen LogP contribution in [0.4, 0.5) is 0 Å². The van der Waals surface area contributed by atoms with Gasteiger partial charge in [-0.3, -0.25) is 0 Å². The molecule has 0 spiro atoms. The first-order valence-corrected chi connectivity index (χ1v) is 18.5. The van der Waals surface area contributed by atoms with Crippen molar-refractivity contribution < 1.29 is 10.2 Å². The third kappa shape index (κ3) is 44.7. The Balaban J connectivity index is -0.00000445. The summed E-state index contributed by atoms with van der Waals surface area (Å²) in [5.74, 6) is 0. The standard InChI is InChI=1S/C36H74O.C2H4.H2O/c1-3-5-7-9-11-13-15-17-19-21-23-25-27-29-31-33-35-37-36-34-32-30-28-26-24-22-20-18-16-14-12-10-8-6-4-2;1-2;/h3-36H2,1-2H3;1-2H2;1H2. The normalized spacial score (nSPS) is 10.8. The maximum absolute atomic E-state index is 5.87. The molecular formula is C38H80O2. The number of ether oxygens (including phenoxy) is 1. The van der Waals surface area contributed by atoms with E-state index in [1.165, 1.54) is 205 Å². The molecule has 0 saturated heterocycles. The van der Waals surface area contributed by atoms with Crippen molar-refractivity contribution in [3.8, 4) is 0 Å². The maximum Gasteiger partial charge on any atom is 0.0466 e. The minimum atomic E-state index is 0. The lowest BCUT2D eigenvalue weighted by atomic mass is 10.0. The Morgan fingerprint density at radius 3 is 0.600 bits per heavy atom. The molecule has 0 rings (SSSR count). The van der Waals surface area contributed by atoms with Gasteiger partial charge < -0.3 is 10.2 Å². The second-order valence-corrected chi connectivity index (χ2v) is 12.2. The highest BCUT2D eigenvalue weighted by molar-refractivity contribution is 4.52. The minimum Gasteiger partial charge on any atom is -0.412 e. The van der Waals surface area contributed by atoms with E-state index in [9.17, 15) is 0 Å². The molecular weight excluding hydrogens is 488 g/mol. The van der Waals surface area contributed by atoms with Crippen LogP contribution in [0.1, 0.15) is 219 Å². The Bertz CT molecular complexity index is 350. The molecule has 0 aromatic heterocycles. The van der Waals surface area contributed by atoms with Crippen LogP contribution in [0.2, 0.25) is 0 Å². The molecule has 0 fully saturated rings. The largest absolute Gasteiger partial charge is 0.412 e. The zero-order valence-corrected chi connectivity index (χ0v) is 28.4. The van der Waals surface area contributed by atoms with Gasteiger partial charge in [-0.2, -0.15) is 0 Å². The van der Waals surface area contributed by atoms with Gasteiger partial charge >= 0.3 is 0 Å². The second kappa shape index (κ2) is 45.6. The van der Waals surface area contributed by atoms with Gasteiger partial charge in [0.2, 0.25) is 0 Å². The predicted molar refractivity (Wildman–Crippen MR) is 185 cm³/mol. The molecule has 0 radical (unpaired) electrons. The molecule has 0 atom stereocenters. The molecule has 0 bridgehead atoms. The predicted octanol–water partition coefficient (Wildman–Crippen LogP) is 13.5. The van der Waals surface area contributed by atoms with Crippen molar-refractivity contribution in [1.82, 2.24) is 0 Å². The number of hydrogen-bond donors (Lipinski definition) is 0. The van der Waals surface area contributed by atoms with E-state index in [1.807, 2.05) is 0 Å². The van der Waals surface area contributed by atoms with Crippen molar-refractivity contribution in [3.63, 3.8) is 0 Å². The molecule has 0 aromatic rings. The molecule has 244 valence electrons. The summed E-state index contributed by atoms with van der Waals surface area (Å²) in [7, 11) is 0. The van der Waals surface area contributed by atoms with Gasteiger partial charge in [-0.15, -0.1) is 13.2 Å². The fourth-order valence-corrected chi connectivity index (χ4v) is 5.61. The highest BCUT2D eigenvalue weighted by Gasteiger charge is 1.97. The summed E-state index contributed by atoms with van der Waals surface area (Å²) < 4.78 is 5.87. The summed E-state index contributed by atoms with van der Waals surface area (Å²) in [6, 6.07) is 0. The first kappa shape index (κ1) is 44.1. The lowest BCUT2D eigenvalue weighted by Gasteiger charge is -2.06. The van der Waals surface area contributed by atoms with E-state index in [4.69, 9.17) is 4.74 Å². The van der Waals surface area contributed by atoms with Crippen molar-refractivity contribution in [2.75, 3.05) is 13.2 Å². The average molecular weight is 569 g/mol. The van der Waals surface area contributed by atoms with Crippen molar-refractivity contribution in [3.05, 3.63) is 13.2 Å². The second-order valence-electron chi connectivity index (χ2n) is 12.2. The SMILES string of the molecule is C=C.CCCCCCCCCCCCCCCCCCOCCCCCCCCCCCCCCCCCC.O. The monoisotopic (exact) mass is 569 g/mol. The van der Waals surface area contributed by atoms with E-state index in [0.29, 0.717) is 0 Å². The molecule has 0 unspecified atom stereocenters. The van der Waals surface area contributed by atoms with Gasteiger partial charge in [0, 0.05) is 13.2 Å². The zero-order valence-electron chi connectivity index (χ0n) is 28.4. The smallest absolute Gasteiger partial charge is 0.0466 e. The minimum absolute atomic E-state index is 0. The third-order valence-electron chi connectivity index (χ3n) is 8.28. The molecule has 0 aliphatic rings. The van der Waals surface area contributed by atoms with E-state index in [1.54, 1.807) is 0 Å². The number of unbranched alkanes of at least 4 members (excludes halogenated alkanes) is 30. The van der Waals surface area contributed by atoms with Crippen LogP contribution in [-0.4, -0.2) is 18.7 Å². The lowest BCUT2D eigenvalue weighted by molar-refractivity contribution is 0.125. The van der Waals surface area contributed by atoms with Gasteiger partial charge in [-0.1, -0.05) is 206 Å². The molecule has 2 N–H and O–H groups in total. The van der Waals surface area contributed by atoms with Gasteiger partial charge in [0.15, 0.2) is 0 Å². The average Bonchev–Trinajstić information content (AvgIpc) is 2.96. The molecule has 40 heavy (non-hydrogen) atoms. The van der Waals surface area contributed by atoms with Crippen LogP contribution in [0.5, 0.6) is 0 Å². The quantitative estimate of drug-likeness (QED) is 0.0562. The zero-order chi connectivity index (χ0) is 28.7. The third-order valence-corrected chi connectivity index (χ3v) is 8.28. The summed E-state index contributed by atoms with van der Waals surface area (Å²) in [4.78, 5) is 0. The molecule has 0 heterocycles. The fourth-order valence-electron chi connectivity index (χ4n) is 5.61. The van der Waals surface area contributed by atoms with Crippen molar-refractivity contribution in [2.24, 2.45) is 0 Å². The molecule has 0 aliphatic carbocycles. The molecule has 0 aliphatic heterocycles. The fraction of sp³-hybridized carbons (Fsp3) is 0.947. The first-order chi connectivity index (χ1) is 19.4. The lowest BCUT2D eigenvalue weighted by Crippen LogP contribution is -1.97. The van der Waals surface area contributed by atoms with Crippen molar-refractivity contribution in [1.29, 1.82) is 0 Å². The summed E-state index contributed by atoms with van der Waals surface area (Å²) in [5.41, 5.74) is 0. The highest BCUT2D eigenvalue weighted by atomic mass is 16.5. The topological polar surface area (TPSA) is 40.7 Å². The van der Waals surface area contributed by atoms with E-state index < -0.39 is 0 Å². The highest BCUT2D eigenvalue weighted by Crippen LogP contribution is 2.15. The number of rotatable bonds is 34. The Morgan fingerprint density at radius 2 is 0.425 bits per heavy atom. The van der Waals surface area contributed by atoms with Crippen LogP contribution >= 0.6 is 0 Å². The van der Waals surface area contributed by atoms with Crippen LogP contribution in [0.15, 0.2) is 13.2 Å². The van der Waals surface area contributed by atoms with Crippen LogP contribution in [0.25, 0.3) is 0 Å². The van der Waals surface area contributed by atoms with E-state index in [0.717, 1.165) is 13.2 Å². The van der Waals surface area contributed by atoms with Gasteiger partial charge in [-0.05, 0) is 12.8 Å². The molecule has 2 heteroatoms.